The summed E-state index contributed by atoms with van der Waals surface area (Å²) in [7, 11) is 0. The highest BCUT2D eigenvalue weighted by molar-refractivity contribution is 5.94. The van der Waals surface area contributed by atoms with Crippen LogP contribution in [0.5, 0.6) is 5.75 Å². The van der Waals surface area contributed by atoms with Crippen LogP contribution in [0.2, 0.25) is 0 Å². The molecule has 2 aromatic rings. The molecule has 30 heavy (non-hydrogen) atoms. The molecule has 1 saturated heterocycles. The van der Waals surface area contributed by atoms with E-state index >= 15 is 0 Å². The molecule has 0 spiro atoms. The first-order chi connectivity index (χ1) is 14.3. The van der Waals surface area contributed by atoms with Crippen molar-refractivity contribution in [3.05, 3.63) is 59.4 Å². The van der Waals surface area contributed by atoms with Crippen LogP contribution in [0, 0.1) is 5.82 Å². The second-order valence-electron chi connectivity index (χ2n) is 7.67. The Bertz CT molecular complexity index is 908. The van der Waals surface area contributed by atoms with Gasteiger partial charge in [-0.2, -0.15) is 0 Å². The number of ketones is 1. The SMILES string of the molecule is CC(=O)c1ccc(N2CCN(C(=O)NCc3cccc(OC(C)C)c3)CC2)c(F)c1. The average molecular weight is 413 g/mol. The number of rotatable bonds is 6. The highest BCUT2D eigenvalue weighted by Crippen LogP contribution is 2.22. The number of nitrogens with one attached hydrogen (secondary N) is 1. The second-order valence-corrected chi connectivity index (χ2v) is 7.67. The van der Waals surface area contributed by atoms with Crippen LogP contribution in [0.25, 0.3) is 0 Å². The van der Waals surface area contributed by atoms with Crippen LogP contribution in [-0.4, -0.2) is 49.0 Å². The number of Topliss-reactive ketones (excluding diaryl/α,β-unsaturated/α-hetero) is 1. The molecule has 1 heterocycles. The summed E-state index contributed by atoms with van der Waals surface area (Å²) in [5.74, 6) is 0.204. The van der Waals surface area contributed by atoms with E-state index in [4.69, 9.17) is 4.74 Å². The van der Waals surface area contributed by atoms with E-state index in [1.807, 2.05) is 43.0 Å². The molecule has 0 atom stereocenters. The standard InChI is InChI=1S/C23H28FN3O3/c1-16(2)30-20-6-4-5-18(13-20)15-25-23(29)27-11-9-26(10-12-27)22-8-7-19(17(3)28)14-21(22)24/h4-8,13-14,16H,9-12,15H2,1-3H3,(H,25,29). The number of nitrogens with zero attached hydrogens (tertiary/aromatic N) is 2. The zero-order valence-corrected chi connectivity index (χ0v) is 17.7. The normalized spacial score (nSPS) is 14.0. The first kappa shape index (κ1) is 21.6. The average Bonchev–Trinajstić information content (AvgIpc) is 2.72. The number of urea groups is 1. The number of carbonyl (C=O) groups is 2. The lowest BCUT2D eigenvalue weighted by Crippen LogP contribution is -2.51. The summed E-state index contributed by atoms with van der Waals surface area (Å²) in [5, 5.41) is 2.94. The Hall–Kier alpha value is -3.09. The van der Waals surface area contributed by atoms with Crippen molar-refractivity contribution in [1.82, 2.24) is 10.2 Å². The summed E-state index contributed by atoms with van der Waals surface area (Å²) >= 11 is 0. The monoisotopic (exact) mass is 413 g/mol. The lowest BCUT2D eigenvalue weighted by molar-refractivity contribution is 0.101. The molecule has 2 amide bonds. The van der Waals surface area contributed by atoms with Gasteiger partial charge in [0, 0.05) is 38.3 Å². The molecule has 1 fully saturated rings. The van der Waals surface area contributed by atoms with Gasteiger partial charge in [-0.3, -0.25) is 4.79 Å². The molecule has 0 bridgehead atoms. The van der Waals surface area contributed by atoms with E-state index < -0.39 is 5.82 Å². The van der Waals surface area contributed by atoms with Crippen LogP contribution in [0.3, 0.4) is 0 Å². The fraction of sp³-hybridized carbons (Fsp3) is 0.391. The van der Waals surface area contributed by atoms with Gasteiger partial charge in [0.2, 0.25) is 0 Å². The molecule has 1 N–H and O–H groups in total. The Balaban J connectivity index is 1.51. The zero-order valence-electron chi connectivity index (χ0n) is 17.7. The quantitative estimate of drug-likeness (QED) is 0.731. The number of carbonyl (C=O) groups excluding carboxylic acids is 2. The van der Waals surface area contributed by atoms with Crippen LogP contribution in [-0.2, 0) is 6.54 Å². The summed E-state index contributed by atoms with van der Waals surface area (Å²) < 4.78 is 20.1. The molecule has 0 aliphatic carbocycles. The first-order valence-electron chi connectivity index (χ1n) is 10.2. The summed E-state index contributed by atoms with van der Waals surface area (Å²) in [6, 6.07) is 12.1. The number of benzene rings is 2. The first-order valence-corrected chi connectivity index (χ1v) is 10.2. The van der Waals surface area contributed by atoms with Gasteiger partial charge in [0.05, 0.1) is 11.8 Å². The van der Waals surface area contributed by atoms with Gasteiger partial charge >= 0.3 is 6.03 Å². The molecule has 0 radical (unpaired) electrons. The van der Waals surface area contributed by atoms with E-state index in [9.17, 15) is 14.0 Å². The van der Waals surface area contributed by atoms with Gasteiger partial charge in [-0.15, -0.1) is 0 Å². The van der Waals surface area contributed by atoms with E-state index in [1.165, 1.54) is 13.0 Å². The summed E-state index contributed by atoms with van der Waals surface area (Å²) in [5.41, 5.74) is 1.78. The molecule has 7 heteroatoms. The number of ether oxygens (including phenoxy) is 1. The van der Waals surface area contributed by atoms with E-state index in [1.54, 1.807) is 17.0 Å². The third-order valence-electron chi connectivity index (χ3n) is 4.98. The maximum atomic E-state index is 14.4. The third-order valence-corrected chi connectivity index (χ3v) is 4.98. The van der Waals surface area contributed by atoms with Gasteiger partial charge in [0.15, 0.2) is 5.78 Å². The maximum absolute atomic E-state index is 14.4. The fourth-order valence-electron chi connectivity index (χ4n) is 3.42. The van der Waals surface area contributed by atoms with Gasteiger partial charge in [-0.1, -0.05) is 12.1 Å². The van der Waals surface area contributed by atoms with E-state index in [0.29, 0.717) is 44.0 Å². The third kappa shape index (κ3) is 5.49. The number of amides is 2. The molecular weight excluding hydrogens is 385 g/mol. The van der Waals surface area contributed by atoms with Crippen LogP contribution in [0.4, 0.5) is 14.9 Å². The Morgan fingerprint density at radius 1 is 1.10 bits per heavy atom. The Kier molecular flexibility index (Phi) is 6.92. The number of hydrogen-bond acceptors (Lipinski definition) is 4. The Morgan fingerprint density at radius 2 is 1.83 bits per heavy atom. The van der Waals surface area contributed by atoms with Crippen LogP contribution in [0.1, 0.15) is 36.7 Å². The van der Waals surface area contributed by atoms with Crippen molar-refractivity contribution in [1.29, 1.82) is 0 Å². The minimum absolute atomic E-state index is 0.0923. The highest BCUT2D eigenvalue weighted by Gasteiger charge is 2.23. The Morgan fingerprint density at radius 3 is 2.47 bits per heavy atom. The van der Waals surface area contributed by atoms with E-state index in [0.717, 1.165) is 11.3 Å². The van der Waals surface area contributed by atoms with Crippen molar-refractivity contribution in [3.8, 4) is 5.75 Å². The van der Waals surface area contributed by atoms with E-state index in [2.05, 4.69) is 5.32 Å². The molecule has 0 unspecified atom stereocenters. The molecule has 6 nitrogen and oxygen atoms in total. The minimum atomic E-state index is -0.413. The molecule has 160 valence electrons. The van der Waals surface area contributed by atoms with Crippen LogP contribution < -0.4 is 15.0 Å². The zero-order chi connectivity index (χ0) is 21.7. The van der Waals surface area contributed by atoms with Crippen molar-refractivity contribution < 1.29 is 18.7 Å². The molecule has 1 aliphatic heterocycles. The number of anilines is 1. The van der Waals surface area contributed by atoms with Crippen molar-refractivity contribution >= 4 is 17.5 Å². The molecule has 1 aliphatic rings. The van der Waals surface area contributed by atoms with Crippen LogP contribution in [0.15, 0.2) is 42.5 Å². The Labute approximate surface area is 176 Å². The topological polar surface area (TPSA) is 61.9 Å². The number of hydrogen-bond donors (Lipinski definition) is 1. The molecule has 3 rings (SSSR count). The van der Waals surface area contributed by atoms with Gasteiger partial charge < -0.3 is 19.9 Å². The lowest BCUT2D eigenvalue weighted by Gasteiger charge is -2.36. The van der Waals surface area contributed by atoms with Gasteiger partial charge in [-0.05, 0) is 56.7 Å². The molecule has 0 saturated carbocycles. The smallest absolute Gasteiger partial charge is 0.317 e. The molecule has 2 aromatic carbocycles. The second kappa shape index (κ2) is 9.61. The summed E-state index contributed by atoms with van der Waals surface area (Å²) in [4.78, 5) is 27.5. The molecular formula is C23H28FN3O3. The number of halogens is 1. The van der Waals surface area contributed by atoms with Gasteiger partial charge in [0.1, 0.15) is 11.6 Å². The van der Waals surface area contributed by atoms with E-state index in [-0.39, 0.29) is 17.9 Å². The highest BCUT2D eigenvalue weighted by atomic mass is 19.1. The van der Waals surface area contributed by atoms with Crippen molar-refractivity contribution in [2.75, 3.05) is 31.1 Å². The largest absolute Gasteiger partial charge is 0.491 e. The van der Waals surface area contributed by atoms with Crippen LogP contribution >= 0.6 is 0 Å². The number of piperazine rings is 1. The predicted molar refractivity (Wildman–Crippen MR) is 115 cm³/mol. The van der Waals surface area contributed by atoms with Crippen molar-refractivity contribution in [3.63, 3.8) is 0 Å². The van der Waals surface area contributed by atoms with Gasteiger partial charge in [0.25, 0.3) is 0 Å². The molecule has 0 aromatic heterocycles. The lowest BCUT2D eigenvalue weighted by atomic mass is 10.1. The summed E-state index contributed by atoms with van der Waals surface area (Å²) in [6.45, 7) is 7.82. The maximum Gasteiger partial charge on any atom is 0.317 e. The van der Waals surface area contributed by atoms with Crippen molar-refractivity contribution in [2.24, 2.45) is 0 Å². The fourth-order valence-corrected chi connectivity index (χ4v) is 3.42. The summed E-state index contributed by atoms with van der Waals surface area (Å²) in [6.07, 6.45) is 0.0923. The van der Waals surface area contributed by atoms with Gasteiger partial charge in [-0.25, -0.2) is 9.18 Å². The van der Waals surface area contributed by atoms with Crippen molar-refractivity contribution in [2.45, 2.75) is 33.4 Å². The predicted octanol–water partition coefficient (Wildman–Crippen LogP) is 3.85. The minimum Gasteiger partial charge on any atom is -0.491 e.